The quantitative estimate of drug-likeness (QED) is 0.390. The molecule has 0 aliphatic heterocycles. The molecule has 0 bridgehead atoms. The number of hydrogen-bond donors (Lipinski definition) is 0. The molecular weight excluding hydrogens is 297 g/mol. The van der Waals surface area contributed by atoms with Crippen molar-refractivity contribution in [2.75, 3.05) is 18.7 Å². The summed E-state index contributed by atoms with van der Waals surface area (Å²) in [6.07, 6.45) is 0. The van der Waals surface area contributed by atoms with Crippen LogP contribution in [0.1, 0.15) is 27.7 Å². The summed E-state index contributed by atoms with van der Waals surface area (Å²) in [6.45, 7) is 9.20. The fourth-order valence-electron chi connectivity index (χ4n) is 0.710. The van der Waals surface area contributed by atoms with Crippen LogP contribution in [0, 0.1) is 0 Å². The second kappa shape index (κ2) is 7.59. The molecule has 0 amide bonds. The zero-order chi connectivity index (χ0) is 12.8. The van der Waals surface area contributed by atoms with Gasteiger partial charge in [0.05, 0.1) is 12.1 Å². The van der Waals surface area contributed by atoms with E-state index >= 15 is 0 Å². The minimum absolute atomic E-state index is 0.260. The predicted octanol–water partition coefficient (Wildman–Crippen LogP) is 4.36. The SMILES string of the molecule is CCOP(=S)(SCSC(C)(C)C)N(C)C=S. The Labute approximate surface area is 118 Å². The molecule has 0 aromatic rings. The highest BCUT2D eigenvalue weighted by molar-refractivity contribution is 8.70. The summed E-state index contributed by atoms with van der Waals surface area (Å²) in [7, 11) is 1.90. The third-order valence-corrected chi connectivity index (χ3v) is 10.6. The van der Waals surface area contributed by atoms with Crippen molar-refractivity contribution >= 4 is 58.3 Å². The van der Waals surface area contributed by atoms with Gasteiger partial charge in [-0.2, -0.15) is 0 Å². The maximum absolute atomic E-state index is 5.70. The fraction of sp³-hybridized carbons (Fsp3) is 0.889. The molecule has 0 rings (SSSR count). The molecule has 0 radical (unpaired) electrons. The first-order chi connectivity index (χ1) is 7.25. The Balaban J connectivity index is 4.35. The van der Waals surface area contributed by atoms with E-state index in [4.69, 9.17) is 28.5 Å². The minimum atomic E-state index is -1.99. The van der Waals surface area contributed by atoms with Gasteiger partial charge in [0.25, 0.3) is 0 Å². The lowest BCUT2D eigenvalue weighted by Gasteiger charge is -2.29. The second-order valence-electron chi connectivity index (χ2n) is 4.07. The topological polar surface area (TPSA) is 12.5 Å². The van der Waals surface area contributed by atoms with E-state index in [1.807, 2.05) is 30.4 Å². The Morgan fingerprint density at radius 1 is 1.44 bits per heavy atom. The molecule has 16 heavy (non-hydrogen) atoms. The van der Waals surface area contributed by atoms with Gasteiger partial charge in [-0.05, 0) is 18.7 Å². The highest BCUT2D eigenvalue weighted by atomic mass is 32.9. The zero-order valence-corrected chi connectivity index (χ0v) is 14.6. The van der Waals surface area contributed by atoms with Crippen molar-refractivity contribution in [2.24, 2.45) is 0 Å². The van der Waals surface area contributed by atoms with Crippen LogP contribution in [0.5, 0.6) is 0 Å². The third kappa shape index (κ3) is 6.82. The number of nitrogens with zero attached hydrogens (tertiary/aromatic N) is 1. The molecule has 0 spiro atoms. The van der Waals surface area contributed by atoms with E-state index in [2.05, 4.69) is 20.8 Å². The molecule has 7 heteroatoms. The molecule has 0 saturated heterocycles. The maximum atomic E-state index is 5.70. The van der Waals surface area contributed by atoms with Gasteiger partial charge in [-0.25, -0.2) is 0 Å². The first-order valence-corrected chi connectivity index (χ1v) is 10.7. The third-order valence-electron chi connectivity index (χ3n) is 1.54. The number of rotatable bonds is 7. The van der Waals surface area contributed by atoms with Crippen LogP contribution in [0.25, 0.3) is 0 Å². The van der Waals surface area contributed by atoms with E-state index in [0.29, 0.717) is 6.61 Å². The summed E-state index contributed by atoms with van der Waals surface area (Å²) in [6, 6.07) is 0. The normalized spacial score (nSPS) is 15.6. The first kappa shape index (κ1) is 17.2. The summed E-state index contributed by atoms with van der Waals surface area (Å²) in [4.78, 5) is 0. The van der Waals surface area contributed by atoms with Gasteiger partial charge in [0.2, 0.25) is 5.62 Å². The van der Waals surface area contributed by atoms with Crippen LogP contribution in [0.4, 0.5) is 0 Å². The fourth-order valence-corrected chi connectivity index (χ4v) is 9.03. The molecule has 0 saturated carbocycles. The van der Waals surface area contributed by atoms with Crippen LogP contribution in [0.15, 0.2) is 0 Å². The lowest BCUT2D eigenvalue weighted by atomic mass is 10.3. The van der Waals surface area contributed by atoms with Gasteiger partial charge in [0, 0.05) is 16.9 Å². The number of thioether (sulfide) groups is 1. The molecule has 1 atom stereocenters. The molecule has 0 heterocycles. The summed E-state index contributed by atoms with van der Waals surface area (Å²) in [5.74, 6) is 0. The molecule has 0 aliphatic carbocycles. The molecule has 1 unspecified atom stereocenters. The van der Waals surface area contributed by atoms with Gasteiger partial charge in [0.15, 0.2) is 0 Å². The average molecular weight is 318 g/mol. The Morgan fingerprint density at radius 3 is 2.38 bits per heavy atom. The lowest BCUT2D eigenvalue weighted by Crippen LogP contribution is -2.12. The van der Waals surface area contributed by atoms with E-state index in [0.717, 1.165) is 5.08 Å². The van der Waals surface area contributed by atoms with Crippen molar-refractivity contribution in [1.29, 1.82) is 0 Å². The summed E-state index contributed by atoms with van der Waals surface area (Å²) in [5, 5.41) is 0.939. The lowest BCUT2D eigenvalue weighted by molar-refractivity contribution is 0.369. The molecule has 0 aromatic heterocycles. The summed E-state index contributed by atoms with van der Waals surface area (Å²) >= 11 is 14.1. The van der Waals surface area contributed by atoms with Crippen LogP contribution < -0.4 is 0 Å². The van der Waals surface area contributed by atoms with Crippen molar-refractivity contribution < 1.29 is 4.52 Å². The smallest absolute Gasteiger partial charge is 0.213 e. The Kier molecular flexibility index (Phi) is 8.16. The van der Waals surface area contributed by atoms with Gasteiger partial charge in [0.1, 0.15) is 0 Å². The maximum Gasteiger partial charge on any atom is 0.213 e. The molecule has 0 aliphatic rings. The van der Waals surface area contributed by atoms with E-state index in [1.54, 1.807) is 16.9 Å². The molecule has 0 fully saturated rings. The molecule has 0 aromatic carbocycles. The average Bonchev–Trinajstić information content (AvgIpc) is 2.14. The minimum Gasteiger partial charge on any atom is -0.327 e. The van der Waals surface area contributed by atoms with Crippen molar-refractivity contribution in [3.8, 4) is 0 Å². The Morgan fingerprint density at radius 2 is 2.00 bits per heavy atom. The Hall–Kier alpha value is 1.20. The molecular formula is C9H20NOPS4. The highest BCUT2D eigenvalue weighted by Gasteiger charge is 2.23. The highest BCUT2D eigenvalue weighted by Crippen LogP contribution is 2.62. The van der Waals surface area contributed by atoms with E-state index < -0.39 is 5.62 Å². The standard InChI is InChI=1S/C9H20NOPS4/c1-6-11-12(14,10(5)7-13)16-8-15-9(2,3)4/h7H,6,8H2,1-5H3. The zero-order valence-electron chi connectivity index (χ0n) is 10.4. The van der Waals surface area contributed by atoms with Crippen LogP contribution in [-0.2, 0) is 16.3 Å². The first-order valence-electron chi connectivity index (χ1n) is 4.97. The summed E-state index contributed by atoms with van der Waals surface area (Å²) in [5.41, 5.74) is -0.405. The van der Waals surface area contributed by atoms with Crippen LogP contribution in [0.3, 0.4) is 0 Å². The van der Waals surface area contributed by atoms with Crippen LogP contribution >= 0.6 is 41.0 Å². The molecule has 96 valence electrons. The number of thiocarbonyl (C=S) groups is 1. The van der Waals surface area contributed by atoms with E-state index in [1.165, 1.54) is 0 Å². The number of hydrogen-bond acceptors (Lipinski definition) is 5. The Bertz CT molecular complexity index is 267. The van der Waals surface area contributed by atoms with Crippen LogP contribution in [0.2, 0.25) is 0 Å². The summed E-state index contributed by atoms with van der Waals surface area (Å²) < 4.78 is 7.83. The van der Waals surface area contributed by atoms with Crippen LogP contribution in [-0.4, -0.2) is 33.6 Å². The van der Waals surface area contributed by atoms with Gasteiger partial charge >= 0.3 is 0 Å². The van der Waals surface area contributed by atoms with E-state index in [-0.39, 0.29) is 4.75 Å². The van der Waals surface area contributed by atoms with Crippen molar-refractivity contribution in [3.63, 3.8) is 0 Å². The van der Waals surface area contributed by atoms with Crippen molar-refractivity contribution in [2.45, 2.75) is 32.4 Å². The monoisotopic (exact) mass is 317 g/mol. The van der Waals surface area contributed by atoms with Crippen molar-refractivity contribution in [1.82, 2.24) is 4.67 Å². The van der Waals surface area contributed by atoms with Gasteiger partial charge in [-0.15, -0.1) is 11.8 Å². The van der Waals surface area contributed by atoms with Crippen molar-refractivity contribution in [3.05, 3.63) is 0 Å². The second-order valence-corrected chi connectivity index (χ2v) is 13.3. The molecule has 2 nitrogen and oxygen atoms in total. The van der Waals surface area contributed by atoms with E-state index in [9.17, 15) is 0 Å². The van der Waals surface area contributed by atoms with Gasteiger partial charge in [-0.3, -0.25) is 0 Å². The largest absolute Gasteiger partial charge is 0.327 e. The molecule has 0 N–H and O–H groups in total. The van der Waals surface area contributed by atoms with Gasteiger partial charge in [-0.1, -0.05) is 44.4 Å². The van der Waals surface area contributed by atoms with Gasteiger partial charge < -0.3 is 9.19 Å². The predicted molar refractivity (Wildman–Crippen MR) is 87.1 cm³/mol.